The van der Waals surface area contributed by atoms with Gasteiger partial charge in [0, 0.05) is 29.9 Å². The lowest BCUT2D eigenvalue weighted by Gasteiger charge is -2.09. The van der Waals surface area contributed by atoms with Crippen molar-refractivity contribution in [1.29, 1.82) is 0 Å². The van der Waals surface area contributed by atoms with Gasteiger partial charge in [-0.1, -0.05) is 12.1 Å². The van der Waals surface area contributed by atoms with Gasteiger partial charge in [0.25, 0.3) is 0 Å². The summed E-state index contributed by atoms with van der Waals surface area (Å²) in [5, 5.41) is 0. The lowest BCUT2D eigenvalue weighted by Crippen LogP contribution is -1.99. The van der Waals surface area contributed by atoms with Crippen LogP contribution in [0, 0.1) is 0 Å². The molecule has 1 heterocycles. The molecule has 1 aromatic heterocycles. The van der Waals surface area contributed by atoms with E-state index >= 15 is 0 Å². The van der Waals surface area contributed by atoms with Gasteiger partial charge in [0.15, 0.2) is 9.84 Å². The highest BCUT2D eigenvalue weighted by Gasteiger charge is 2.11. The van der Waals surface area contributed by atoms with Crippen molar-refractivity contribution >= 4 is 9.84 Å². The van der Waals surface area contributed by atoms with E-state index in [0.717, 1.165) is 22.8 Å². The van der Waals surface area contributed by atoms with Crippen LogP contribution in [0.5, 0.6) is 5.75 Å². The highest BCUT2D eigenvalue weighted by Crippen LogP contribution is 2.25. The van der Waals surface area contributed by atoms with Crippen LogP contribution in [-0.2, 0) is 9.84 Å². The minimum absolute atomic E-state index is 0.296. The molecule has 0 amide bonds. The molecule has 0 N–H and O–H groups in total. The molecule has 3 aromatic rings. The normalized spacial score (nSPS) is 11.4. The maximum Gasteiger partial charge on any atom is 0.175 e. The van der Waals surface area contributed by atoms with Crippen LogP contribution in [0.2, 0.25) is 0 Å². The number of aromatic nitrogens is 2. The van der Waals surface area contributed by atoms with E-state index in [1.165, 1.54) is 6.26 Å². The van der Waals surface area contributed by atoms with Gasteiger partial charge in [-0.25, -0.2) is 13.4 Å². The lowest BCUT2D eigenvalue weighted by atomic mass is 10.2. The van der Waals surface area contributed by atoms with Crippen molar-refractivity contribution in [3.05, 3.63) is 60.9 Å². The summed E-state index contributed by atoms with van der Waals surface area (Å²) in [5.74, 6) is 1.51. The van der Waals surface area contributed by atoms with Crippen LogP contribution in [0.25, 0.3) is 17.1 Å². The Bertz CT molecular complexity index is 928. The summed E-state index contributed by atoms with van der Waals surface area (Å²) in [5.41, 5.74) is 1.76. The molecule has 0 atom stereocenters. The van der Waals surface area contributed by atoms with Crippen molar-refractivity contribution in [3.8, 4) is 22.8 Å². The van der Waals surface area contributed by atoms with E-state index in [1.807, 2.05) is 35.0 Å². The van der Waals surface area contributed by atoms with Gasteiger partial charge in [-0.3, -0.25) is 4.57 Å². The highest BCUT2D eigenvalue weighted by molar-refractivity contribution is 7.90. The summed E-state index contributed by atoms with van der Waals surface area (Å²) in [4.78, 5) is 4.69. The standard InChI is InChI=1S/C17H16N2O3S/c1-22-15-5-3-4-13(12-15)17-18-10-11-19(17)14-6-8-16(9-7-14)23(2,20)21/h3-12H,1-2H3. The van der Waals surface area contributed by atoms with Gasteiger partial charge in [-0.2, -0.15) is 0 Å². The zero-order valence-corrected chi connectivity index (χ0v) is 13.6. The molecule has 3 rings (SSSR count). The third-order valence-electron chi connectivity index (χ3n) is 3.51. The summed E-state index contributed by atoms with van der Waals surface area (Å²) in [7, 11) is -1.58. The molecule has 118 valence electrons. The SMILES string of the molecule is COc1cccc(-c2nccn2-c2ccc(S(C)(=O)=O)cc2)c1. The molecule has 0 saturated heterocycles. The number of methoxy groups -OCH3 is 1. The molecule has 0 aliphatic carbocycles. The van der Waals surface area contributed by atoms with Crippen molar-refractivity contribution < 1.29 is 13.2 Å². The van der Waals surface area contributed by atoms with Crippen LogP contribution in [0.15, 0.2) is 65.8 Å². The van der Waals surface area contributed by atoms with Crippen molar-refractivity contribution in [3.63, 3.8) is 0 Å². The second-order valence-corrected chi connectivity index (χ2v) is 7.13. The second kappa shape index (κ2) is 5.89. The Morgan fingerprint density at radius 1 is 1.09 bits per heavy atom. The number of imidazole rings is 1. The minimum atomic E-state index is -3.20. The Morgan fingerprint density at radius 2 is 1.83 bits per heavy atom. The average molecular weight is 328 g/mol. The summed E-state index contributed by atoms with van der Waals surface area (Å²) < 4.78 is 30.3. The first-order chi connectivity index (χ1) is 11.0. The van der Waals surface area contributed by atoms with Gasteiger partial charge in [-0.05, 0) is 36.4 Å². The summed E-state index contributed by atoms with van der Waals surface area (Å²) in [6, 6.07) is 14.4. The minimum Gasteiger partial charge on any atom is -0.497 e. The van der Waals surface area contributed by atoms with Crippen LogP contribution < -0.4 is 4.74 Å². The van der Waals surface area contributed by atoms with Crippen molar-refractivity contribution in [2.24, 2.45) is 0 Å². The number of rotatable bonds is 4. The summed E-state index contributed by atoms with van der Waals surface area (Å²) in [6.07, 6.45) is 4.74. The first-order valence-corrected chi connectivity index (χ1v) is 8.86. The molecular formula is C17H16N2O3S. The van der Waals surface area contributed by atoms with Crippen molar-refractivity contribution in [2.75, 3.05) is 13.4 Å². The van der Waals surface area contributed by atoms with Crippen LogP contribution in [0.3, 0.4) is 0 Å². The zero-order valence-electron chi connectivity index (χ0n) is 12.8. The molecule has 0 aliphatic heterocycles. The van der Waals surface area contributed by atoms with E-state index in [9.17, 15) is 8.42 Å². The maximum atomic E-state index is 11.6. The molecule has 23 heavy (non-hydrogen) atoms. The number of ether oxygens (including phenoxy) is 1. The average Bonchev–Trinajstić information content (AvgIpc) is 3.04. The second-order valence-electron chi connectivity index (χ2n) is 5.12. The Hall–Kier alpha value is -2.60. The number of hydrogen-bond acceptors (Lipinski definition) is 4. The van der Waals surface area contributed by atoms with Gasteiger partial charge in [0.1, 0.15) is 11.6 Å². The van der Waals surface area contributed by atoms with E-state index in [-0.39, 0.29) is 0 Å². The van der Waals surface area contributed by atoms with E-state index < -0.39 is 9.84 Å². The fourth-order valence-corrected chi connectivity index (χ4v) is 2.97. The molecule has 0 bridgehead atoms. The van der Waals surface area contributed by atoms with Crippen LogP contribution in [0.1, 0.15) is 0 Å². The summed E-state index contributed by atoms with van der Waals surface area (Å²) in [6.45, 7) is 0. The van der Waals surface area contributed by atoms with Crippen LogP contribution in [0.4, 0.5) is 0 Å². The van der Waals surface area contributed by atoms with Crippen LogP contribution in [-0.4, -0.2) is 31.3 Å². The Kier molecular flexibility index (Phi) is 3.92. The van der Waals surface area contributed by atoms with E-state index in [4.69, 9.17) is 4.74 Å². The van der Waals surface area contributed by atoms with Gasteiger partial charge < -0.3 is 4.74 Å². The third kappa shape index (κ3) is 3.12. The summed E-state index contributed by atoms with van der Waals surface area (Å²) >= 11 is 0. The van der Waals surface area contributed by atoms with Crippen molar-refractivity contribution in [2.45, 2.75) is 4.90 Å². The first-order valence-electron chi connectivity index (χ1n) is 6.97. The quantitative estimate of drug-likeness (QED) is 0.739. The topological polar surface area (TPSA) is 61.2 Å². The molecule has 5 nitrogen and oxygen atoms in total. The number of sulfone groups is 1. The molecule has 0 fully saturated rings. The number of nitrogens with zero attached hydrogens (tertiary/aromatic N) is 2. The van der Waals surface area contributed by atoms with E-state index in [2.05, 4.69) is 4.98 Å². The molecule has 0 aliphatic rings. The predicted molar refractivity (Wildman–Crippen MR) is 88.7 cm³/mol. The molecule has 0 saturated carbocycles. The predicted octanol–water partition coefficient (Wildman–Crippen LogP) is 2.95. The van der Waals surface area contributed by atoms with E-state index in [0.29, 0.717) is 4.90 Å². The van der Waals surface area contributed by atoms with Gasteiger partial charge >= 0.3 is 0 Å². The Morgan fingerprint density at radius 3 is 2.48 bits per heavy atom. The molecule has 6 heteroatoms. The Labute approximate surface area is 135 Å². The van der Waals surface area contributed by atoms with Crippen LogP contribution >= 0.6 is 0 Å². The van der Waals surface area contributed by atoms with Gasteiger partial charge in [0.2, 0.25) is 0 Å². The van der Waals surface area contributed by atoms with Crippen molar-refractivity contribution in [1.82, 2.24) is 9.55 Å². The van der Waals surface area contributed by atoms with Gasteiger partial charge in [-0.15, -0.1) is 0 Å². The molecular weight excluding hydrogens is 312 g/mol. The smallest absolute Gasteiger partial charge is 0.175 e. The van der Waals surface area contributed by atoms with Gasteiger partial charge in [0.05, 0.1) is 12.0 Å². The number of benzene rings is 2. The fraction of sp³-hybridized carbons (Fsp3) is 0.118. The molecule has 0 spiro atoms. The molecule has 0 unspecified atom stereocenters. The number of hydrogen-bond donors (Lipinski definition) is 0. The molecule has 0 radical (unpaired) electrons. The largest absolute Gasteiger partial charge is 0.497 e. The maximum absolute atomic E-state index is 11.6. The first kappa shape index (κ1) is 15.3. The third-order valence-corrected chi connectivity index (χ3v) is 4.64. The lowest BCUT2D eigenvalue weighted by molar-refractivity contribution is 0.415. The Balaban J connectivity index is 2.04. The fourth-order valence-electron chi connectivity index (χ4n) is 2.34. The molecule has 2 aromatic carbocycles. The highest BCUT2D eigenvalue weighted by atomic mass is 32.2. The zero-order chi connectivity index (χ0) is 16.4. The van der Waals surface area contributed by atoms with E-state index in [1.54, 1.807) is 37.6 Å². The monoisotopic (exact) mass is 328 g/mol.